The van der Waals surface area contributed by atoms with Crippen molar-refractivity contribution >= 4 is 34.0 Å². The molecule has 0 aliphatic heterocycles. The van der Waals surface area contributed by atoms with Crippen LogP contribution >= 0.6 is 11.6 Å². The number of halogens is 1. The third-order valence-corrected chi connectivity index (χ3v) is 2.45. The molecule has 0 aliphatic rings. The fraction of sp³-hybridized carbons (Fsp3) is 0.125. The second kappa shape index (κ2) is 3.09. The molecule has 0 aliphatic carbocycles. The van der Waals surface area contributed by atoms with Crippen molar-refractivity contribution in [2.24, 2.45) is 7.05 Å². The van der Waals surface area contributed by atoms with Gasteiger partial charge in [-0.2, -0.15) is 5.10 Å². The van der Waals surface area contributed by atoms with Crippen molar-refractivity contribution in [2.45, 2.75) is 0 Å². The van der Waals surface area contributed by atoms with Crippen LogP contribution in [0.25, 0.3) is 10.9 Å². The number of aryl methyl sites for hydroxylation is 1. The number of nitrogens with two attached hydrogens (primary N) is 1. The Balaban J connectivity index is 2.98. The summed E-state index contributed by atoms with van der Waals surface area (Å²) in [5.74, 6) is 0.196. The normalized spacial score (nSPS) is 10.8. The van der Waals surface area contributed by atoms with E-state index in [1.165, 1.54) is 16.8 Å². The Morgan fingerprint density at radius 2 is 2.27 bits per heavy atom. The zero-order valence-electron chi connectivity index (χ0n) is 7.77. The molecule has 6 nitrogen and oxygen atoms in total. The van der Waals surface area contributed by atoms with E-state index in [9.17, 15) is 10.1 Å². The SMILES string of the molecule is Cn1nc(N)c2c(Cl)ccc([N+](=O)[O-])c21. The standard InChI is InChI=1S/C8H7ClN4O2/c1-12-7-5(13(14)15)3-2-4(9)6(7)8(10)11-12/h2-3H,1H3,(H2,10,11). The molecule has 1 aromatic carbocycles. The van der Waals surface area contributed by atoms with Crippen LogP contribution in [0.15, 0.2) is 12.1 Å². The summed E-state index contributed by atoms with van der Waals surface area (Å²) in [5, 5.41) is 15.5. The summed E-state index contributed by atoms with van der Waals surface area (Å²) in [6.45, 7) is 0. The number of benzene rings is 1. The number of nitrogens with zero attached hydrogens (tertiary/aromatic N) is 3. The van der Waals surface area contributed by atoms with Crippen molar-refractivity contribution in [2.75, 3.05) is 5.73 Å². The maximum Gasteiger partial charge on any atom is 0.295 e. The van der Waals surface area contributed by atoms with Crippen LogP contribution in [0.5, 0.6) is 0 Å². The summed E-state index contributed by atoms with van der Waals surface area (Å²) in [6, 6.07) is 2.78. The molecule has 0 amide bonds. The third-order valence-electron chi connectivity index (χ3n) is 2.14. The quantitative estimate of drug-likeness (QED) is 0.592. The third kappa shape index (κ3) is 1.30. The van der Waals surface area contributed by atoms with E-state index in [0.29, 0.717) is 15.9 Å². The van der Waals surface area contributed by atoms with E-state index in [0.717, 1.165) is 0 Å². The molecule has 0 fully saturated rings. The molecule has 0 saturated heterocycles. The number of non-ortho nitro benzene ring substituents is 1. The van der Waals surface area contributed by atoms with Crippen molar-refractivity contribution in [3.05, 3.63) is 27.3 Å². The van der Waals surface area contributed by atoms with Gasteiger partial charge in [-0.15, -0.1) is 0 Å². The summed E-state index contributed by atoms with van der Waals surface area (Å²) >= 11 is 5.90. The Labute approximate surface area is 89.4 Å². The fourth-order valence-corrected chi connectivity index (χ4v) is 1.79. The Hall–Kier alpha value is -1.82. The fourth-order valence-electron chi connectivity index (χ4n) is 1.54. The molecule has 2 aromatic rings. The summed E-state index contributed by atoms with van der Waals surface area (Å²) in [4.78, 5) is 10.3. The van der Waals surface area contributed by atoms with Crippen LogP contribution in [-0.4, -0.2) is 14.7 Å². The number of nitrogen functional groups attached to an aromatic ring is 1. The van der Waals surface area contributed by atoms with Crippen LogP contribution in [-0.2, 0) is 7.05 Å². The van der Waals surface area contributed by atoms with E-state index in [1.807, 2.05) is 0 Å². The van der Waals surface area contributed by atoms with Crippen LogP contribution in [0, 0.1) is 10.1 Å². The maximum atomic E-state index is 10.8. The summed E-state index contributed by atoms with van der Waals surface area (Å²) in [7, 11) is 1.59. The van der Waals surface area contributed by atoms with E-state index >= 15 is 0 Å². The number of rotatable bonds is 1. The monoisotopic (exact) mass is 226 g/mol. The molecule has 1 aromatic heterocycles. The number of anilines is 1. The largest absolute Gasteiger partial charge is 0.382 e. The van der Waals surface area contributed by atoms with Crippen LogP contribution in [0.1, 0.15) is 0 Å². The molecule has 7 heteroatoms. The first-order valence-corrected chi connectivity index (χ1v) is 4.45. The number of hydrogen-bond donors (Lipinski definition) is 1. The van der Waals surface area contributed by atoms with Gasteiger partial charge in [0.15, 0.2) is 5.82 Å². The van der Waals surface area contributed by atoms with Crippen molar-refractivity contribution in [1.82, 2.24) is 9.78 Å². The van der Waals surface area contributed by atoms with E-state index < -0.39 is 4.92 Å². The number of nitro groups is 1. The number of fused-ring (bicyclic) bond motifs is 1. The Kier molecular flexibility index (Phi) is 2.01. The van der Waals surface area contributed by atoms with Gasteiger partial charge in [0.2, 0.25) is 0 Å². The second-order valence-electron chi connectivity index (χ2n) is 3.06. The molecule has 0 spiro atoms. The van der Waals surface area contributed by atoms with Gasteiger partial charge in [-0.05, 0) is 6.07 Å². The number of aromatic nitrogens is 2. The molecule has 1 heterocycles. The maximum absolute atomic E-state index is 10.8. The van der Waals surface area contributed by atoms with E-state index in [-0.39, 0.29) is 11.5 Å². The molecule has 0 unspecified atom stereocenters. The lowest BCUT2D eigenvalue weighted by Crippen LogP contribution is -1.95. The van der Waals surface area contributed by atoms with Crippen molar-refractivity contribution < 1.29 is 4.92 Å². The topological polar surface area (TPSA) is 87.0 Å². The molecule has 0 saturated carbocycles. The Bertz CT molecular complexity index is 563. The summed E-state index contributed by atoms with van der Waals surface area (Å²) in [6.07, 6.45) is 0. The zero-order chi connectivity index (χ0) is 11.2. The predicted octanol–water partition coefficient (Wildman–Crippen LogP) is 1.72. The lowest BCUT2D eigenvalue weighted by atomic mass is 10.2. The highest BCUT2D eigenvalue weighted by Crippen LogP contribution is 2.34. The highest BCUT2D eigenvalue weighted by molar-refractivity contribution is 6.36. The highest BCUT2D eigenvalue weighted by atomic mass is 35.5. The van der Waals surface area contributed by atoms with Crippen molar-refractivity contribution in [1.29, 1.82) is 0 Å². The lowest BCUT2D eigenvalue weighted by Gasteiger charge is -1.97. The van der Waals surface area contributed by atoms with E-state index in [2.05, 4.69) is 5.10 Å². The summed E-state index contributed by atoms with van der Waals surface area (Å²) < 4.78 is 1.36. The zero-order valence-corrected chi connectivity index (χ0v) is 8.52. The molecular formula is C8H7ClN4O2. The molecule has 15 heavy (non-hydrogen) atoms. The number of nitro benzene ring substituents is 1. The minimum atomic E-state index is -0.486. The van der Waals surface area contributed by atoms with E-state index in [4.69, 9.17) is 17.3 Å². The van der Waals surface area contributed by atoms with E-state index in [1.54, 1.807) is 7.05 Å². The van der Waals surface area contributed by atoms with Crippen LogP contribution < -0.4 is 5.73 Å². The molecule has 0 atom stereocenters. The molecule has 0 radical (unpaired) electrons. The highest BCUT2D eigenvalue weighted by Gasteiger charge is 2.20. The van der Waals surface area contributed by atoms with Gasteiger partial charge in [0.05, 0.1) is 15.3 Å². The average Bonchev–Trinajstić information content (AvgIpc) is 2.43. The van der Waals surface area contributed by atoms with Gasteiger partial charge in [-0.1, -0.05) is 11.6 Å². The average molecular weight is 227 g/mol. The molecule has 2 rings (SSSR count). The van der Waals surface area contributed by atoms with Crippen molar-refractivity contribution in [3.63, 3.8) is 0 Å². The van der Waals surface area contributed by atoms with Crippen LogP contribution in [0.3, 0.4) is 0 Å². The second-order valence-corrected chi connectivity index (χ2v) is 3.46. The number of hydrogen-bond acceptors (Lipinski definition) is 4. The Morgan fingerprint density at radius 3 is 2.87 bits per heavy atom. The molecular weight excluding hydrogens is 220 g/mol. The minimum Gasteiger partial charge on any atom is -0.382 e. The minimum absolute atomic E-state index is 0.0545. The van der Waals surface area contributed by atoms with Gasteiger partial charge in [0.25, 0.3) is 5.69 Å². The first-order chi connectivity index (χ1) is 7.02. The lowest BCUT2D eigenvalue weighted by molar-refractivity contribution is -0.383. The van der Waals surface area contributed by atoms with Gasteiger partial charge in [-0.3, -0.25) is 14.8 Å². The van der Waals surface area contributed by atoms with Gasteiger partial charge in [0.1, 0.15) is 5.52 Å². The van der Waals surface area contributed by atoms with Crippen LogP contribution in [0.4, 0.5) is 11.5 Å². The van der Waals surface area contributed by atoms with Gasteiger partial charge >= 0.3 is 0 Å². The van der Waals surface area contributed by atoms with Gasteiger partial charge in [0, 0.05) is 13.1 Å². The smallest absolute Gasteiger partial charge is 0.295 e. The van der Waals surface area contributed by atoms with Gasteiger partial charge in [-0.25, -0.2) is 0 Å². The first-order valence-electron chi connectivity index (χ1n) is 4.07. The summed E-state index contributed by atoms with van der Waals surface area (Å²) in [5.41, 5.74) is 5.89. The molecule has 2 N–H and O–H groups in total. The van der Waals surface area contributed by atoms with Gasteiger partial charge < -0.3 is 5.73 Å². The molecule has 78 valence electrons. The molecule has 0 bridgehead atoms. The predicted molar refractivity (Wildman–Crippen MR) is 56.8 cm³/mol. The van der Waals surface area contributed by atoms with Crippen LogP contribution in [0.2, 0.25) is 5.02 Å². The van der Waals surface area contributed by atoms with Crippen molar-refractivity contribution in [3.8, 4) is 0 Å². The first kappa shape index (κ1) is 9.72. The Morgan fingerprint density at radius 1 is 1.60 bits per heavy atom.